The molecule has 0 aliphatic rings. The molecule has 2 radical (unpaired) electrons. The van der Waals surface area contributed by atoms with E-state index in [2.05, 4.69) is 25.0 Å². The largest absolute Gasteiger partial charge is 0.0913 e. The van der Waals surface area contributed by atoms with E-state index in [1.807, 2.05) is 0 Å². The molecule has 0 fully saturated rings. The fourth-order valence-corrected chi connectivity index (χ4v) is 0.459. The van der Waals surface area contributed by atoms with Gasteiger partial charge in [0.15, 0.2) is 0 Å². The molecule has 0 unspecified atom stereocenters. The lowest BCUT2D eigenvalue weighted by Gasteiger charge is -1.73. The van der Waals surface area contributed by atoms with E-state index >= 15 is 0 Å². The minimum Gasteiger partial charge on any atom is -0.0913 e. The Bertz CT molecular complexity index is 75.9. The van der Waals surface area contributed by atoms with E-state index in [0.717, 1.165) is 5.75 Å². The number of hydrogen-bond donors (Lipinski definition) is 0. The number of rotatable bonds is 1. The second-order valence-electron chi connectivity index (χ2n) is 0.877. The van der Waals surface area contributed by atoms with E-state index in [-0.39, 0.29) is 0 Å². The summed E-state index contributed by atoms with van der Waals surface area (Å²) in [6.45, 7) is 7.15. The number of hydrogen-bond acceptors (Lipinski definition) is 1. The molecule has 0 heterocycles. The van der Waals surface area contributed by atoms with Crippen molar-refractivity contribution in [1.82, 2.24) is 0 Å². The molecule has 0 aromatic rings. The van der Waals surface area contributed by atoms with E-state index in [1.54, 1.807) is 0 Å². The molecule has 0 saturated heterocycles. The SMILES string of the molecule is [CH2]CC#CSC[CH2]. The van der Waals surface area contributed by atoms with Crippen molar-refractivity contribution < 1.29 is 0 Å². The molecular weight excluding hydrogens is 104 g/mol. The first-order chi connectivity index (χ1) is 3.41. The molecule has 0 aromatic heterocycles. The van der Waals surface area contributed by atoms with Crippen LogP contribution in [0.3, 0.4) is 0 Å². The van der Waals surface area contributed by atoms with Gasteiger partial charge in [-0.3, -0.25) is 0 Å². The maximum Gasteiger partial charge on any atom is 0.00979 e. The van der Waals surface area contributed by atoms with Gasteiger partial charge in [0.05, 0.1) is 0 Å². The van der Waals surface area contributed by atoms with Crippen molar-refractivity contribution in [1.29, 1.82) is 0 Å². The molecule has 0 rings (SSSR count). The van der Waals surface area contributed by atoms with Crippen molar-refractivity contribution in [3.8, 4) is 11.2 Å². The Morgan fingerprint density at radius 1 is 1.43 bits per heavy atom. The summed E-state index contributed by atoms with van der Waals surface area (Å²) in [5.41, 5.74) is 0. The zero-order chi connectivity index (χ0) is 5.54. The summed E-state index contributed by atoms with van der Waals surface area (Å²) in [7, 11) is 0. The van der Waals surface area contributed by atoms with E-state index < -0.39 is 0 Å². The second-order valence-corrected chi connectivity index (χ2v) is 1.78. The van der Waals surface area contributed by atoms with Gasteiger partial charge in [-0.25, -0.2) is 0 Å². The third-order valence-electron chi connectivity index (χ3n) is 0.371. The van der Waals surface area contributed by atoms with Crippen LogP contribution < -0.4 is 0 Å². The summed E-state index contributed by atoms with van der Waals surface area (Å²) in [5.74, 6) is 3.64. The van der Waals surface area contributed by atoms with Crippen LogP contribution in [0.15, 0.2) is 0 Å². The molecule has 0 saturated carbocycles. The van der Waals surface area contributed by atoms with Gasteiger partial charge in [-0.2, -0.15) is 0 Å². The quantitative estimate of drug-likeness (QED) is 0.465. The summed E-state index contributed by atoms with van der Waals surface area (Å²) in [6, 6.07) is 0. The van der Waals surface area contributed by atoms with Crippen LogP contribution in [-0.4, -0.2) is 5.75 Å². The molecule has 0 N–H and O–H groups in total. The first kappa shape index (κ1) is 6.91. The van der Waals surface area contributed by atoms with Crippen LogP contribution in [0.4, 0.5) is 0 Å². The van der Waals surface area contributed by atoms with Crippen molar-refractivity contribution in [3.63, 3.8) is 0 Å². The Morgan fingerprint density at radius 3 is 2.57 bits per heavy atom. The lowest BCUT2D eigenvalue weighted by atomic mass is 10.5. The van der Waals surface area contributed by atoms with Crippen molar-refractivity contribution in [2.45, 2.75) is 6.42 Å². The smallest absolute Gasteiger partial charge is 0.00979 e. The standard InChI is InChI=1S/C6H8S/c1-3-5-6-7-4-2/h1-4H2. The summed E-state index contributed by atoms with van der Waals surface area (Å²) >= 11 is 1.52. The number of thioether (sulfide) groups is 1. The minimum atomic E-state index is 0.701. The zero-order valence-electron chi connectivity index (χ0n) is 4.24. The van der Waals surface area contributed by atoms with Crippen LogP contribution in [0.1, 0.15) is 6.42 Å². The predicted molar refractivity (Wildman–Crippen MR) is 35.6 cm³/mol. The van der Waals surface area contributed by atoms with Gasteiger partial charge in [0.1, 0.15) is 0 Å². The molecule has 0 aromatic carbocycles. The summed E-state index contributed by atoms with van der Waals surface area (Å²) in [6.07, 6.45) is 0.701. The van der Waals surface area contributed by atoms with Gasteiger partial charge < -0.3 is 0 Å². The Kier molecular flexibility index (Phi) is 5.83. The fraction of sp³-hybridized carbons (Fsp3) is 0.333. The molecule has 1 heteroatoms. The van der Waals surface area contributed by atoms with Gasteiger partial charge in [-0.15, -0.1) is 0 Å². The van der Waals surface area contributed by atoms with Gasteiger partial charge in [0.25, 0.3) is 0 Å². The van der Waals surface area contributed by atoms with Crippen molar-refractivity contribution >= 4 is 11.8 Å². The highest BCUT2D eigenvalue weighted by Crippen LogP contribution is 1.91. The predicted octanol–water partition coefficient (Wildman–Crippen LogP) is 1.74. The first-order valence-corrected chi connectivity index (χ1v) is 3.08. The molecule has 0 atom stereocenters. The van der Waals surface area contributed by atoms with Gasteiger partial charge in [-0.1, -0.05) is 17.7 Å². The normalized spacial score (nSPS) is 7.14. The van der Waals surface area contributed by atoms with E-state index in [4.69, 9.17) is 0 Å². The lowest BCUT2D eigenvalue weighted by molar-refractivity contribution is 1.49. The maximum absolute atomic E-state index is 3.60. The Hall–Kier alpha value is -0.0900. The first-order valence-electron chi connectivity index (χ1n) is 2.10. The third kappa shape index (κ3) is 5.91. The van der Waals surface area contributed by atoms with Crippen molar-refractivity contribution in [2.75, 3.05) is 5.75 Å². The van der Waals surface area contributed by atoms with Gasteiger partial charge in [-0.05, 0) is 19.1 Å². The van der Waals surface area contributed by atoms with E-state index in [9.17, 15) is 0 Å². The fourth-order valence-electron chi connectivity index (χ4n) is 0.153. The molecule has 0 aliphatic carbocycles. The molecule has 0 aliphatic heterocycles. The summed E-state index contributed by atoms with van der Waals surface area (Å²) in [5, 5.41) is 2.83. The van der Waals surface area contributed by atoms with Crippen molar-refractivity contribution in [2.24, 2.45) is 0 Å². The molecular formula is C6H8S. The molecule has 38 valence electrons. The highest BCUT2D eigenvalue weighted by atomic mass is 32.2. The van der Waals surface area contributed by atoms with Crippen LogP contribution in [0.2, 0.25) is 0 Å². The highest BCUT2D eigenvalue weighted by Gasteiger charge is 1.66. The van der Waals surface area contributed by atoms with Crippen LogP contribution >= 0.6 is 11.8 Å². The second kappa shape index (κ2) is 5.91. The van der Waals surface area contributed by atoms with Crippen LogP contribution in [0.5, 0.6) is 0 Å². The average Bonchev–Trinajstić information content (AvgIpc) is 1.69. The summed E-state index contributed by atoms with van der Waals surface area (Å²) in [4.78, 5) is 0. The lowest BCUT2D eigenvalue weighted by Crippen LogP contribution is -1.57. The van der Waals surface area contributed by atoms with Gasteiger partial charge in [0, 0.05) is 12.2 Å². The van der Waals surface area contributed by atoms with E-state index in [1.165, 1.54) is 11.8 Å². The van der Waals surface area contributed by atoms with Gasteiger partial charge in [0.2, 0.25) is 0 Å². The van der Waals surface area contributed by atoms with Crippen LogP contribution in [0, 0.1) is 25.0 Å². The summed E-state index contributed by atoms with van der Waals surface area (Å²) < 4.78 is 0. The highest BCUT2D eigenvalue weighted by molar-refractivity contribution is 8.03. The Balaban J connectivity index is 2.91. The molecule has 0 bridgehead atoms. The molecule has 0 amide bonds. The third-order valence-corrected chi connectivity index (χ3v) is 0.864. The molecule has 0 spiro atoms. The van der Waals surface area contributed by atoms with Crippen LogP contribution in [-0.2, 0) is 0 Å². The topological polar surface area (TPSA) is 0 Å². The van der Waals surface area contributed by atoms with E-state index in [0.29, 0.717) is 6.42 Å². The van der Waals surface area contributed by atoms with Gasteiger partial charge >= 0.3 is 0 Å². The zero-order valence-corrected chi connectivity index (χ0v) is 5.05. The Morgan fingerprint density at radius 2 is 2.14 bits per heavy atom. The maximum atomic E-state index is 3.60. The average molecular weight is 112 g/mol. The molecule has 7 heavy (non-hydrogen) atoms. The molecule has 0 nitrogen and oxygen atoms in total. The van der Waals surface area contributed by atoms with Crippen molar-refractivity contribution in [3.05, 3.63) is 13.8 Å². The monoisotopic (exact) mass is 112 g/mol. The van der Waals surface area contributed by atoms with Crippen LogP contribution in [0.25, 0.3) is 0 Å². The minimum absolute atomic E-state index is 0.701. The Labute approximate surface area is 49.7 Å².